The molecule has 0 fully saturated rings. The molecule has 0 saturated heterocycles. The zero-order valence-electron chi connectivity index (χ0n) is 8.34. The molecule has 0 aromatic heterocycles. The van der Waals surface area contributed by atoms with E-state index in [0.717, 1.165) is 4.90 Å². The Morgan fingerprint density at radius 1 is 1.27 bits per heavy atom. The standard InChI is InChI=1S/C8H14N2O5/c1-5(11)10(4-8(14)15)6(9)2-3-7(12)13/h6H,2-4,9H2,1H3,(H,12,13)(H,14,15). The normalized spacial score (nSPS) is 11.9. The smallest absolute Gasteiger partial charge is 0.323 e. The van der Waals surface area contributed by atoms with Crippen molar-refractivity contribution in [2.24, 2.45) is 5.73 Å². The quantitative estimate of drug-likeness (QED) is 0.495. The van der Waals surface area contributed by atoms with Gasteiger partial charge in [0.2, 0.25) is 5.91 Å². The number of hydrogen-bond donors (Lipinski definition) is 3. The van der Waals surface area contributed by atoms with Crippen molar-refractivity contribution in [3.63, 3.8) is 0 Å². The number of hydrogen-bond acceptors (Lipinski definition) is 4. The minimum absolute atomic E-state index is 0.0300. The van der Waals surface area contributed by atoms with Crippen molar-refractivity contribution in [2.45, 2.75) is 25.9 Å². The molecule has 0 aliphatic heterocycles. The van der Waals surface area contributed by atoms with Crippen molar-refractivity contribution in [1.29, 1.82) is 0 Å². The minimum Gasteiger partial charge on any atom is -0.481 e. The van der Waals surface area contributed by atoms with Crippen LogP contribution in [0.15, 0.2) is 0 Å². The first-order chi connectivity index (χ1) is 6.84. The average Bonchev–Trinajstić information content (AvgIpc) is 2.09. The number of nitrogens with zero attached hydrogens (tertiary/aromatic N) is 1. The lowest BCUT2D eigenvalue weighted by atomic mass is 10.2. The number of rotatable bonds is 6. The monoisotopic (exact) mass is 218 g/mol. The molecule has 0 aliphatic rings. The Bertz CT molecular complexity index is 266. The first-order valence-electron chi connectivity index (χ1n) is 4.31. The minimum atomic E-state index is -1.18. The molecular weight excluding hydrogens is 204 g/mol. The predicted molar refractivity (Wildman–Crippen MR) is 49.9 cm³/mol. The zero-order chi connectivity index (χ0) is 12.0. The number of carboxylic acid groups (broad SMARTS) is 2. The average molecular weight is 218 g/mol. The van der Waals surface area contributed by atoms with E-state index in [0.29, 0.717) is 0 Å². The molecule has 0 radical (unpaired) electrons. The number of aliphatic carboxylic acids is 2. The van der Waals surface area contributed by atoms with Gasteiger partial charge in [0, 0.05) is 13.3 Å². The summed E-state index contributed by atoms with van der Waals surface area (Å²) in [5, 5.41) is 16.9. The van der Waals surface area contributed by atoms with Crippen molar-refractivity contribution in [3.05, 3.63) is 0 Å². The van der Waals surface area contributed by atoms with Crippen LogP contribution in [0.25, 0.3) is 0 Å². The van der Waals surface area contributed by atoms with E-state index in [1.165, 1.54) is 6.92 Å². The molecule has 86 valence electrons. The molecule has 0 bridgehead atoms. The molecular formula is C8H14N2O5. The summed E-state index contributed by atoms with van der Waals surface area (Å²) >= 11 is 0. The third kappa shape index (κ3) is 5.63. The molecule has 4 N–H and O–H groups in total. The predicted octanol–water partition coefficient (Wildman–Crippen LogP) is -0.931. The summed E-state index contributed by atoms with van der Waals surface area (Å²) in [5.41, 5.74) is 5.49. The van der Waals surface area contributed by atoms with Crippen molar-refractivity contribution in [2.75, 3.05) is 6.54 Å². The van der Waals surface area contributed by atoms with Crippen molar-refractivity contribution >= 4 is 17.8 Å². The summed E-state index contributed by atoms with van der Waals surface area (Å²) in [4.78, 5) is 32.6. The number of carbonyl (C=O) groups excluding carboxylic acids is 1. The lowest BCUT2D eigenvalue weighted by Gasteiger charge is -2.25. The van der Waals surface area contributed by atoms with Gasteiger partial charge >= 0.3 is 11.9 Å². The fourth-order valence-corrected chi connectivity index (χ4v) is 1.04. The van der Waals surface area contributed by atoms with Gasteiger partial charge in [0.1, 0.15) is 6.54 Å². The second kappa shape index (κ2) is 5.97. The van der Waals surface area contributed by atoms with Crippen LogP contribution in [-0.2, 0) is 14.4 Å². The number of nitrogens with two attached hydrogens (primary N) is 1. The van der Waals surface area contributed by atoms with Gasteiger partial charge in [-0.25, -0.2) is 0 Å². The second-order valence-electron chi connectivity index (χ2n) is 3.04. The van der Waals surface area contributed by atoms with Gasteiger partial charge in [-0.1, -0.05) is 0 Å². The van der Waals surface area contributed by atoms with E-state index in [4.69, 9.17) is 15.9 Å². The topological polar surface area (TPSA) is 121 Å². The van der Waals surface area contributed by atoms with E-state index in [2.05, 4.69) is 0 Å². The van der Waals surface area contributed by atoms with Crippen LogP contribution in [-0.4, -0.2) is 45.7 Å². The van der Waals surface area contributed by atoms with Gasteiger partial charge in [0.15, 0.2) is 0 Å². The Balaban J connectivity index is 4.28. The molecule has 0 heterocycles. The Hall–Kier alpha value is -1.63. The van der Waals surface area contributed by atoms with Gasteiger partial charge in [-0.3, -0.25) is 14.4 Å². The molecule has 0 spiro atoms. The summed E-state index contributed by atoms with van der Waals surface area (Å²) in [6.07, 6.45) is -1.05. The van der Waals surface area contributed by atoms with Crippen LogP contribution in [0.2, 0.25) is 0 Å². The Morgan fingerprint density at radius 3 is 2.13 bits per heavy atom. The van der Waals surface area contributed by atoms with E-state index >= 15 is 0 Å². The lowest BCUT2D eigenvalue weighted by Crippen LogP contribution is -2.47. The maximum Gasteiger partial charge on any atom is 0.323 e. The Morgan fingerprint density at radius 2 is 1.80 bits per heavy atom. The largest absolute Gasteiger partial charge is 0.481 e. The Labute approximate surface area is 86.5 Å². The lowest BCUT2D eigenvalue weighted by molar-refractivity contribution is -0.145. The molecule has 0 aromatic rings. The molecule has 1 amide bonds. The van der Waals surface area contributed by atoms with Crippen LogP contribution in [0.1, 0.15) is 19.8 Å². The number of carbonyl (C=O) groups is 3. The van der Waals surface area contributed by atoms with Crippen LogP contribution in [0.5, 0.6) is 0 Å². The maximum absolute atomic E-state index is 11.0. The third-order valence-corrected chi connectivity index (χ3v) is 1.76. The van der Waals surface area contributed by atoms with Crippen molar-refractivity contribution in [3.8, 4) is 0 Å². The second-order valence-corrected chi connectivity index (χ2v) is 3.04. The first kappa shape index (κ1) is 13.4. The van der Waals surface area contributed by atoms with Gasteiger partial charge in [-0.2, -0.15) is 0 Å². The maximum atomic E-state index is 11.0. The molecule has 7 heteroatoms. The van der Waals surface area contributed by atoms with Crippen LogP contribution in [0, 0.1) is 0 Å². The van der Waals surface area contributed by atoms with E-state index in [1.54, 1.807) is 0 Å². The highest BCUT2D eigenvalue weighted by Gasteiger charge is 2.20. The molecule has 0 aromatic carbocycles. The molecule has 15 heavy (non-hydrogen) atoms. The van der Waals surface area contributed by atoms with Crippen molar-refractivity contribution < 1.29 is 24.6 Å². The summed E-state index contributed by atoms with van der Waals surface area (Å²) in [5.74, 6) is -2.71. The van der Waals surface area contributed by atoms with Crippen LogP contribution in [0.4, 0.5) is 0 Å². The van der Waals surface area contributed by atoms with Gasteiger partial charge in [-0.05, 0) is 6.42 Å². The van der Waals surface area contributed by atoms with Crippen LogP contribution >= 0.6 is 0 Å². The van der Waals surface area contributed by atoms with E-state index < -0.39 is 30.6 Å². The fraction of sp³-hybridized carbons (Fsp3) is 0.625. The molecule has 7 nitrogen and oxygen atoms in total. The van der Waals surface area contributed by atoms with Crippen molar-refractivity contribution in [1.82, 2.24) is 4.90 Å². The summed E-state index contributed by atoms with van der Waals surface area (Å²) < 4.78 is 0. The Kier molecular flexibility index (Phi) is 5.32. The summed E-state index contributed by atoms with van der Waals surface area (Å²) in [6, 6.07) is 0. The first-order valence-corrected chi connectivity index (χ1v) is 4.31. The summed E-state index contributed by atoms with van der Waals surface area (Å²) in [7, 11) is 0. The van der Waals surface area contributed by atoms with Gasteiger partial charge in [0.25, 0.3) is 0 Å². The molecule has 0 rings (SSSR count). The van der Waals surface area contributed by atoms with E-state index in [-0.39, 0.29) is 12.8 Å². The highest BCUT2D eigenvalue weighted by atomic mass is 16.4. The SMILES string of the molecule is CC(=O)N(CC(=O)O)C(N)CCC(=O)O. The molecule has 0 saturated carbocycles. The fourth-order valence-electron chi connectivity index (χ4n) is 1.04. The van der Waals surface area contributed by atoms with Crippen LogP contribution < -0.4 is 5.73 Å². The number of carboxylic acids is 2. The molecule has 1 unspecified atom stereocenters. The number of amides is 1. The van der Waals surface area contributed by atoms with Crippen LogP contribution in [0.3, 0.4) is 0 Å². The van der Waals surface area contributed by atoms with E-state index in [1.807, 2.05) is 0 Å². The third-order valence-electron chi connectivity index (χ3n) is 1.76. The highest BCUT2D eigenvalue weighted by molar-refractivity contribution is 5.79. The van der Waals surface area contributed by atoms with E-state index in [9.17, 15) is 14.4 Å². The molecule has 0 aliphatic carbocycles. The highest BCUT2D eigenvalue weighted by Crippen LogP contribution is 2.02. The van der Waals surface area contributed by atoms with Gasteiger partial charge < -0.3 is 20.8 Å². The van der Waals surface area contributed by atoms with Gasteiger partial charge in [0.05, 0.1) is 6.17 Å². The summed E-state index contributed by atoms with van der Waals surface area (Å²) in [6.45, 7) is 0.666. The zero-order valence-corrected chi connectivity index (χ0v) is 8.34. The van der Waals surface area contributed by atoms with Gasteiger partial charge in [-0.15, -0.1) is 0 Å². The molecule has 1 atom stereocenters.